The van der Waals surface area contributed by atoms with Crippen LogP contribution >= 0.6 is 23.5 Å². The molecule has 2 aliphatic heterocycles. The molecule has 0 radical (unpaired) electrons. The molecule has 184 valence electrons. The molecule has 18 nitrogen and oxygen atoms in total. The van der Waals surface area contributed by atoms with E-state index in [1.54, 1.807) is 0 Å². The van der Waals surface area contributed by atoms with Gasteiger partial charge in [0.05, 0.1) is 19.5 Å². The minimum atomic E-state index is -5.75. The van der Waals surface area contributed by atoms with Crippen LogP contribution in [-0.4, -0.2) is 70.2 Å². The molecule has 2 aromatic heterocycles. The lowest BCUT2D eigenvalue weighted by atomic mass is 10.0. The topological polar surface area (TPSA) is 268 Å². The van der Waals surface area contributed by atoms with Crippen LogP contribution in [0.15, 0.2) is 11.1 Å². The molecule has 6 atom stereocenters. The van der Waals surface area contributed by atoms with Crippen molar-refractivity contribution in [3.63, 3.8) is 0 Å². The van der Waals surface area contributed by atoms with Crippen molar-refractivity contribution in [1.82, 2.24) is 19.5 Å². The van der Waals surface area contributed by atoms with Gasteiger partial charge in [0.2, 0.25) is 5.95 Å². The van der Waals surface area contributed by atoms with E-state index < -0.39 is 66.3 Å². The molecule has 7 N–H and O–H groups in total. The Bertz CT molecular complexity index is 1290. The number of hydrogen-bond donors (Lipinski definition) is 6. The SMILES string of the molecule is Nc1nc2c(ncn2[C@@H]2O[C@@]3(COP(=O)(O)OP(=O)(O)OP(=O)(O)O)CO[C@@H]2[C@@H]3F)c(=O)[nH]1. The summed E-state index contributed by atoms with van der Waals surface area (Å²) in [5, 5.41) is 0. The van der Waals surface area contributed by atoms with E-state index in [0.29, 0.717) is 0 Å². The summed E-state index contributed by atoms with van der Waals surface area (Å²) in [6.45, 7) is -1.54. The van der Waals surface area contributed by atoms with E-state index in [2.05, 4.69) is 28.1 Å². The molecule has 0 aliphatic carbocycles. The average Bonchev–Trinajstić information content (AvgIpc) is 3.27. The predicted octanol–water partition coefficient (Wildman–Crippen LogP) is -0.950. The van der Waals surface area contributed by atoms with E-state index >= 15 is 4.39 Å². The standard InChI is InChI=1S/C11H15FN5O13P3/c12-6-5-9(17-3-14-4-7(17)15-10(13)16-8(4)18)28-11(6,1-26-5)2-27-32(22,23)30-33(24,25)29-31(19,20)21/h3,5-6,9H,1-2H2,(H,22,23)(H,24,25)(H2,19,20,21)(H3,13,15,16,18)/t5-,6+,9-,11-/m1/s1. The van der Waals surface area contributed by atoms with Gasteiger partial charge in [0, 0.05) is 0 Å². The van der Waals surface area contributed by atoms with E-state index in [0.717, 1.165) is 10.9 Å². The molecule has 4 heterocycles. The molecule has 2 bridgehead atoms. The third-order valence-corrected chi connectivity index (χ3v) is 8.34. The molecule has 2 unspecified atom stereocenters. The summed E-state index contributed by atoms with van der Waals surface area (Å²) >= 11 is 0. The molecule has 2 fully saturated rings. The number of nitrogens with one attached hydrogen (secondary N) is 1. The average molecular weight is 537 g/mol. The molecule has 2 aromatic rings. The third kappa shape index (κ3) is 4.81. The van der Waals surface area contributed by atoms with Crippen molar-refractivity contribution in [2.45, 2.75) is 24.1 Å². The van der Waals surface area contributed by atoms with Gasteiger partial charge in [0.15, 0.2) is 29.2 Å². The number of alkyl halides is 1. The lowest BCUT2D eigenvalue weighted by Crippen LogP contribution is -2.43. The van der Waals surface area contributed by atoms with E-state index in [-0.39, 0.29) is 17.1 Å². The van der Waals surface area contributed by atoms with E-state index in [1.165, 1.54) is 0 Å². The van der Waals surface area contributed by atoms with Gasteiger partial charge in [-0.1, -0.05) is 0 Å². The molecular weight excluding hydrogens is 522 g/mol. The number of aromatic nitrogens is 4. The number of nitrogens with two attached hydrogens (primary N) is 1. The number of ether oxygens (including phenoxy) is 2. The van der Waals surface area contributed by atoms with Gasteiger partial charge >= 0.3 is 23.5 Å². The molecule has 22 heteroatoms. The number of hydrogen-bond acceptors (Lipinski definition) is 12. The number of phosphoric ester groups is 1. The van der Waals surface area contributed by atoms with Crippen LogP contribution in [0.3, 0.4) is 0 Å². The summed E-state index contributed by atoms with van der Waals surface area (Å²) in [5.41, 5.74) is 2.65. The zero-order valence-corrected chi connectivity index (χ0v) is 18.5. The summed E-state index contributed by atoms with van der Waals surface area (Å²) < 4.78 is 72.9. The fraction of sp³-hybridized carbons (Fsp3) is 0.545. The Morgan fingerprint density at radius 3 is 2.64 bits per heavy atom. The number of imidazole rings is 1. The van der Waals surface area contributed by atoms with Crippen molar-refractivity contribution in [3.05, 3.63) is 16.7 Å². The normalized spacial score (nSPS) is 31.0. The molecular formula is C11H15FN5O13P3. The molecule has 33 heavy (non-hydrogen) atoms. The zero-order valence-electron chi connectivity index (χ0n) is 15.8. The fourth-order valence-corrected chi connectivity index (χ4v) is 6.40. The quantitative estimate of drug-likeness (QED) is 0.222. The monoisotopic (exact) mass is 537 g/mol. The van der Waals surface area contributed by atoms with Gasteiger partial charge in [-0.2, -0.15) is 13.6 Å². The van der Waals surface area contributed by atoms with Crippen LogP contribution in [-0.2, 0) is 36.3 Å². The van der Waals surface area contributed by atoms with Crippen molar-refractivity contribution in [1.29, 1.82) is 0 Å². The van der Waals surface area contributed by atoms with Crippen LogP contribution in [0.1, 0.15) is 6.23 Å². The summed E-state index contributed by atoms with van der Waals surface area (Å²) in [5.74, 6) is -0.252. The van der Waals surface area contributed by atoms with Gasteiger partial charge in [-0.3, -0.25) is 18.9 Å². The largest absolute Gasteiger partial charge is 0.490 e. The van der Waals surface area contributed by atoms with Gasteiger partial charge in [-0.05, 0) is 0 Å². The Morgan fingerprint density at radius 1 is 1.27 bits per heavy atom. The van der Waals surface area contributed by atoms with Crippen LogP contribution in [0.4, 0.5) is 10.3 Å². The maximum absolute atomic E-state index is 15.0. The first kappa shape index (κ1) is 24.5. The zero-order chi connectivity index (χ0) is 24.4. The minimum absolute atomic E-state index is 0.0624. The number of phosphoric acid groups is 3. The number of rotatable bonds is 8. The van der Waals surface area contributed by atoms with Crippen LogP contribution in [0.25, 0.3) is 11.2 Å². The van der Waals surface area contributed by atoms with E-state index in [1.807, 2.05) is 0 Å². The summed E-state index contributed by atoms with van der Waals surface area (Å²) in [6, 6.07) is 0. The Morgan fingerprint density at radius 2 is 1.97 bits per heavy atom. The number of nitrogens with zero attached hydrogens (tertiary/aromatic N) is 3. The lowest BCUT2D eigenvalue weighted by molar-refractivity contribution is -0.182. The Kier molecular flexibility index (Phi) is 5.93. The van der Waals surface area contributed by atoms with Gasteiger partial charge in [-0.25, -0.2) is 23.1 Å². The smallest absolute Gasteiger partial charge is 0.369 e. The van der Waals surface area contributed by atoms with Crippen LogP contribution in [0, 0.1) is 0 Å². The summed E-state index contributed by atoms with van der Waals surface area (Å²) in [4.78, 5) is 57.8. The van der Waals surface area contributed by atoms with Crippen molar-refractivity contribution in [3.8, 4) is 0 Å². The number of aromatic amines is 1. The molecule has 0 saturated carbocycles. The highest BCUT2D eigenvalue weighted by molar-refractivity contribution is 7.66. The first-order valence-corrected chi connectivity index (χ1v) is 13.1. The maximum Gasteiger partial charge on any atom is 0.490 e. The number of H-pyrrole nitrogens is 1. The number of anilines is 1. The van der Waals surface area contributed by atoms with Gasteiger partial charge < -0.3 is 34.8 Å². The summed E-state index contributed by atoms with van der Waals surface area (Å²) in [7, 11) is -16.9. The Labute approximate surface area is 180 Å². The van der Waals surface area contributed by atoms with Gasteiger partial charge in [0.1, 0.15) is 6.10 Å². The molecule has 0 aromatic carbocycles. The first-order valence-electron chi connectivity index (χ1n) is 8.56. The molecule has 2 aliphatic rings. The van der Waals surface area contributed by atoms with Crippen LogP contribution in [0.2, 0.25) is 0 Å². The highest BCUT2D eigenvalue weighted by Crippen LogP contribution is 2.66. The van der Waals surface area contributed by atoms with Crippen molar-refractivity contribution in [2.24, 2.45) is 0 Å². The van der Waals surface area contributed by atoms with Crippen LogP contribution in [0.5, 0.6) is 0 Å². The van der Waals surface area contributed by atoms with Crippen molar-refractivity contribution < 1.29 is 60.3 Å². The van der Waals surface area contributed by atoms with E-state index in [9.17, 15) is 28.3 Å². The van der Waals surface area contributed by atoms with Crippen molar-refractivity contribution in [2.75, 3.05) is 18.9 Å². The summed E-state index contributed by atoms with van der Waals surface area (Å²) in [6.07, 6.45) is -3.41. The number of halogens is 1. The van der Waals surface area contributed by atoms with Gasteiger partial charge in [-0.15, -0.1) is 0 Å². The van der Waals surface area contributed by atoms with E-state index in [4.69, 9.17) is 25.0 Å². The highest BCUT2D eigenvalue weighted by Gasteiger charge is 2.64. The fourth-order valence-electron chi connectivity index (χ4n) is 3.33. The first-order chi connectivity index (χ1) is 15.1. The van der Waals surface area contributed by atoms with Crippen molar-refractivity contribution >= 4 is 40.6 Å². The lowest BCUT2D eigenvalue weighted by Gasteiger charge is -2.30. The minimum Gasteiger partial charge on any atom is -0.369 e. The third-order valence-electron chi connectivity index (χ3n) is 4.56. The Balaban J connectivity index is 1.52. The molecule has 0 amide bonds. The number of fused-ring (bicyclic) bond motifs is 3. The molecule has 0 spiro atoms. The van der Waals surface area contributed by atoms with Crippen LogP contribution < -0.4 is 11.3 Å². The highest BCUT2D eigenvalue weighted by atomic mass is 31.3. The second kappa shape index (κ2) is 7.98. The second-order valence-electron chi connectivity index (χ2n) is 6.89. The molecule has 2 saturated heterocycles. The Hall–Kier alpha value is -1.59. The van der Waals surface area contributed by atoms with Gasteiger partial charge in [0.25, 0.3) is 5.56 Å². The second-order valence-corrected chi connectivity index (χ2v) is 11.3. The number of nitrogen functional groups attached to an aromatic ring is 1. The maximum atomic E-state index is 15.0. The molecule has 4 rings (SSSR count). The predicted molar refractivity (Wildman–Crippen MR) is 99.9 cm³/mol.